The second kappa shape index (κ2) is 6.50. The van der Waals surface area contributed by atoms with Crippen molar-refractivity contribution in [3.63, 3.8) is 0 Å². The molecule has 1 aliphatic carbocycles. The summed E-state index contributed by atoms with van der Waals surface area (Å²) in [7, 11) is 0. The number of hydrogen-bond donors (Lipinski definition) is 2. The van der Waals surface area contributed by atoms with Crippen LogP contribution in [0.2, 0.25) is 0 Å². The topological polar surface area (TPSA) is 49.3 Å². The third-order valence-corrected chi connectivity index (χ3v) is 3.97. The molecule has 1 saturated carbocycles. The zero-order valence-electron chi connectivity index (χ0n) is 10.3. The lowest BCUT2D eigenvalue weighted by molar-refractivity contribution is -0.122. The molecule has 0 atom stereocenters. The average Bonchev–Trinajstić information content (AvgIpc) is 2.28. The Kier molecular flexibility index (Phi) is 5.62. The first-order chi connectivity index (χ1) is 7.56. The van der Waals surface area contributed by atoms with Crippen LogP contribution in [0.5, 0.6) is 0 Å². The number of aliphatic hydroxyl groups is 1. The molecule has 0 aliphatic heterocycles. The number of nitrogens with one attached hydrogen (secondary N) is 1. The number of rotatable bonds is 5. The molecule has 0 bridgehead atoms. The van der Waals surface area contributed by atoms with E-state index in [4.69, 9.17) is 0 Å². The molecule has 1 aliphatic rings. The van der Waals surface area contributed by atoms with E-state index in [9.17, 15) is 9.90 Å². The van der Waals surface area contributed by atoms with Crippen molar-refractivity contribution in [3.8, 4) is 0 Å². The van der Waals surface area contributed by atoms with Gasteiger partial charge in [0.25, 0.3) is 0 Å². The molecule has 4 heteroatoms. The van der Waals surface area contributed by atoms with Crippen molar-refractivity contribution in [2.45, 2.75) is 44.6 Å². The van der Waals surface area contributed by atoms with Crippen LogP contribution in [0, 0.1) is 5.92 Å². The minimum atomic E-state index is -0.651. The highest BCUT2D eigenvalue weighted by Crippen LogP contribution is 2.31. The van der Waals surface area contributed by atoms with Crippen LogP contribution in [0.1, 0.15) is 39.0 Å². The van der Waals surface area contributed by atoms with Crippen molar-refractivity contribution in [3.05, 3.63) is 0 Å². The van der Waals surface area contributed by atoms with E-state index < -0.39 is 5.60 Å². The molecule has 1 fully saturated rings. The van der Waals surface area contributed by atoms with E-state index in [-0.39, 0.29) is 5.91 Å². The van der Waals surface area contributed by atoms with Crippen LogP contribution >= 0.6 is 11.8 Å². The summed E-state index contributed by atoms with van der Waals surface area (Å²) >= 11 is 1.67. The van der Waals surface area contributed by atoms with Crippen LogP contribution in [0.4, 0.5) is 0 Å². The van der Waals surface area contributed by atoms with Crippen molar-refractivity contribution >= 4 is 17.7 Å². The van der Waals surface area contributed by atoms with Crippen molar-refractivity contribution in [2.24, 2.45) is 5.92 Å². The largest absolute Gasteiger partial charge is 0.388 e. The molecule has 0 saturated heterocycles. The fraction of sp³-hybridized carbons (Fsp3) is 0.917. The van der Waals surface area contributed by atoms with Crippen molar-refractivity contribution in [1.82, 2.24) is 5.32 Å². The molecule has 1 rings (SSSR count). The lowest BCUT2D eigenvalue weighted by atomic mass is 9.79. The highest BCUT2D eigenvalue weighted by Gasteiger charge is 2.31. The number of hydrogen-bond acceptors (Lipinski definition) is 3. The van der Waals surface area contributed by atoms with Gasteiger partial charge in [-0.1, -0.05) is 6.92 Å². The predicted molar refractivity (Wildman–Crippen MR) is 68.6 cm³/mol. The number of carbonyl (C=O) groups excluding carboxylic acids is 1. The van der Waals surface area contributed by atoms with Gasteiger partial charge >= 0.3 is 0 Å². The van der Waals surface area contributed by atoms with Crippen LogP contribution < -0.4 is 5.32 Å². The molecule has 1 amide bonds. The first-order valence-corrected chi connectivity index (χ1v) is 7.43. The van der Waals surface area contributed by atoms with Crippen molar-refractivity contribution in [1.29, 1.82) is 0 Å². The van der Waals surface area contributed by atoms with E-state index in [1.165, 1.54) is 0 Å². The fourth-order valence-electron chi connectivity index (χ4n) is 2.02. The van der Waals surface area contributed by atoms with Gasteiger partial charge < -0.3 is 10.4 Å². The summed E-state index contributed by atoms with van der Waals surface area (Å²) in [6, 6.07) is 0. The van der Waals surface area contributed by atoms with Gasteiger partial charge in [-0.3, -0.25) is 4.79 Å². The third kappa shape index (κ3) is 4.74. The molecule has 3 nitrogen and oxygen atoms in total. The highest BCUT2D eigenvalue weighted by atomic mass is 32.2. The molecule has 0 heterocycles. The zero-order valence-corrected chi connectivity index (χ0v) is 11.1. The van der Waals surface area contributed by atoms with Crippen molar-refractivity contribution in [2.75, 3.05) is 18.6 Å². The van der Waals surface area contributed by atoms with Crippen LogP contribution in [0.3, 0.4) is 0 Å². The van der Waals surface area contributed by atoms with Gasteiger partial charge in [-0.05, 0) is 37.9 Å². The fourth-order valence-corrected chi connectivity index (χ4v) is 2.41. The smallest absolute Gasteiger partial charge is 0.220 e. The maximum absolute atomic E-state index is 11.4. The standard InChI is InChI=1S/C12H23NO2S/c1-10-3-6-12(15,7-4-10)9-13-11(14)5-8-16-2/h10,15H,3-9H2,1-2H3,(H,13,14). The van der Waals surface area contributed by atoms with E-state index in [0.29, 0.717) is 18.9 Å². The van der Waals surface area contributed by atoms with Gasteiger partial charge in [-0.2, -0.15) is 11.8 Å². The SMILES string of the molecule is CSCCC(=O)NCC1(O)CCC(C)CC1. The Labute approximate surface area is 102 Å². The Hall–Kier alpha value is -0.220. The molecule has 0 spiro atoms. The second-order valence-corrected chi connectivity index (χ2v) is 5.91. The van der Waals surface area contributed by atoms with Crippen LogP contribution in [0.15, 0.2) is 0 Å². The Balaban J connectivity index is 2.23. The Morgan fingerprint density at radius 2 is 2.12 bits per heavy atom. The second-order valence-electron chi connectivity index (χ2n) is 4.93. The summed E-state index contributed by atoms with van der Waals surface area (Å²) in [4.78, 5) is 11.4. The molecule has 0 radical (unpaired) electrons. The number of carbonyl (C=O) groups is 1. The Morgan fingerprint density at radius 1 is 1.50 bits per heavy atom. The van der Waals surface area contributed by atoms with Gasteiger partial charge in [0.2, 0.25) is 5.91 Å². The molecule has 0 aromatic heterocycles. The third-order valence-electron chi connectivity index (χ3n) is 3.35. The number of amides is 1. The van der Waals surface area contributed by atoms with Crippen LogP contribution in [-0.4, -0.2) is 35.2 Å². The zero-order chi connectivity index (χ0) is 12.0. The average molecular weight is 245 g/mol. The van der Waals surface area contributed by atoms with Gasteiger partial charge in [-0.15, -0.1) is 0 Å². The predicted octanol–water partition coefficient (Wildman–Crippen LogP) is 1.80. The highest BCUT2D eigenvalue weighted by molar-refractivity contribution is 7.98. The van der Waals surface area contributed by atoms with Gasteiger partial charge in [-0.25, -0.2) is 0 Å². The molecule has 0 aromatic rings. The molecule has 94 valence electrons. The van der Waals surface area contributed by atoms with E-state index >= 15 is 0 Å². The maximum Gasteiger partial charge on any atom is 0.220 e. The minimum Gasteiger partial charge on any atom is -0.388 e. The minimum absolute atomic E-state index is 0.0568. The number of thioether (sulfide) groups is 1. The van der Waals surface area contributed by atoms with Gasteiger partial charge in [0, 0.05) is 18.7 Å². The van der Waals surface area contributed by atoms with E-state index in [2.05, 4.69) is 12.2 Å². The monoisotopic (exact) mass is 245 g/mol. The lowest BCUT2D eigenvalue weighted by Crippen LogP contribution is -2.45. The van der Waals surface area contributed by atoms with Gasteiger partial charge in [0.15, 0.2) is 0 Å². The van der Waals surface area contributed by atoms with E-state index in [1.54, 1.807) is 11.8 Å². The first-order valence-electron chi connectivity index (χ1n) is 6.04. The molecular weight excluding hydrogens is 222 g/mol. The van der Waals surface area contributed by atoms with Gasteiger partial charge in [0.05, 0.1) is 5.60 Å². The summed E-state index contributed by atoms with van der Waals surface area (Å²) in [5, 5.41) is 13.1. The van der Waals surface area contributed by atoms with Crippen LogP contribution in [-0.2, 0) is 4.79 Å². The van der Waals surface area contributed by atoms with E-state index in [1.807, 2.05) is 6.26 Å². The summed E-state index contributed by atoms with van der Waals surface area (Å²) in [5.74, 6) is 1.62. The van der Waals surface area contributed by atoms with Gasteiger partial charge in [0.1, 0.15) is 0 Å². The Bertz CT molecular complexity index is 225. The molecular formula is C12H23NO2S. The van der Waals surface area contributed by atoms with Crippen molar-refractivity contribution < 1.29 is 9.90 Å². The summed E-state index contributed by atoms with van der Waals surface area (Å²) in [5.41, 5.74) is -0.651. The molecule has 0 aromatic carbocycles. The van der Waals surface area contributed by atoms with E-state index in [0.717, 1.165) is 31.4 Å². The lowest BCUT2D eigenvalue weighted by Gasteiger charge is -2.34. The van der Waals surface area contributed by atoms with Crippen LogP contribution in [0.25, 0.3) is 0 Å². The quantitative estimate of drug-likeness (QED) is 0.776. The maximum atomic E-state index is 11.4. The summed E-state index contributed by atoms with van der Waals surface area (Å²) in [6.45, 7) is 2.64. The molecule has 0 unspecified atom stereocenters. The normalized spacial score (nSPS) is 30.1. The molecule has 16 heavy (non-hydrogen) atoms. The summed E-state index contributed by atoms with van der Waals surface area (Å²) in [6.07, 6.45) is 6.30. The summed E-state index contributed by atoms with van der Waals surface area (Å²) < 4.78 is 0. The first kappa shape index (κ1) is 13.8. The molecule has 2 N–H and O–H groups in total. The Morgan fingerprint density at radius 3 is 2.69 bits per heavy atom.